The lowest BCUT2D eigenvalue weighted by Crippen LogP contribution is -2.05. The molecule has 0 aliphatic carbocycles. The molecule has 0 saturated heterocycles. The quantitative estimate of drug-likeness (QED) is 0.470. The Bertz CT molecular complexity index is 207. The molecule has 0 N–H and O–H groups in total. The maximum absolute atomic E-state index is 5.12. The van der Waals surface area contributed by atoms with Crippen LogP contribution in [-0.2, 0) is 4.74 Å². The fraction of sp³-hybridized carbons (Fsp3) is 0.333. The second kappa shape index (κ2) is 2.13. The van der Waals surface area contributed by atoms with Gasteiger partial charge in [0.05, 0.1) is 6.54 Å². The minimum Gasteiger partial charge on any atom is -0.463 e. The molecule has 4 nitrogen and oxygen atoms in total. The molecular weight excluding hydrogens is 130 g/mol. The maximum atomic E-state index is 5.12. The lowest BCUT2D eigenvalue weighted by atomic mass is 10.5. The molecule has 2 aliphatic rings. The highest BCUT2D eigenvalue weighted by molar-refractivity contribution is 6.20. The van der Waals surface area contributed by atoms with Crippen molar-refractivity contribution in [1.82, 2.24) is 0 Å². The Morgan fingerprint density at radius 1 is 1.40 bits per heavy atom. The van der Waals surface area contributed by atoms with E-state index < -0.39 is 0 Å². The monoisotopic (exact) mass is 136 g/mol. The molecular formula is C6H6N3O+. The first kappa shape index (κ1) is 5.46. The summed E-state index contributed by atoms with van der Waals surface area (Å²) in [4.78, 5) is 11.9. The zero-order valence-electron chi connectivity index (χ0n) is 5.32. The van der Waals surface area contributed by atoms with Crippen LogP contribution in [0.3, 0.4) is 0 Å². The first-order valence-corrected chi connectivity index (χ1v) is 3.08. The summed E-state index contributed by atoms with van der Waals surface area (Å²) in [5.41, 5.74) is 0. The Hall–Kier alpha value is -1.32. The van der Waals surface area contributed by atoms with Crippen LogP contribution in [0.25, 0.3) is 0 Å². The van der Waals surface area contributed by atoms with Crippen molar-refractivity contribution in [2.75, 3.05) is 13.2 Å². The molecule has 0 amide bonds. The summed E-state index contributed by atoms with van der Waals surface area (Å²) in [5, 5.41) is 0. The summed E-state index contributed by atoms with van der Waals surface area (Å²) >= 11 is 0. The second-order valence-electron chi connectivity index (χ2n) is 1.92. The Kier molecular flexibility index (Phi) is 1.16. The molecule has 50 valence electrons. The van der Waals surface area contributed by atoms with Gasteiger partial charge in [-0.05, 0) is 0 Å². The Morgan fingerprint density at radius 3 is 2.80 bits per heavy atom. The zero-order valence-corrected chi connectivity index (χ0v) is 5.32. The van der Waals surface area contributed by atoms with Crippen LogP contribution in [0.5, 0.6) is 0 Å². The first-order chi connectivity index (χ1) is 4.97. The van der Waals surface area contributed by atoms with Crippen molar-refractivity contribution in [3.05, 3.63) is 6.17 Å². The fourth-order valence-electron chi connectivity index (χ4n) is 0.822. The van der Waals surface area contributed by atoms with Crippen molar-refractivity contribution in [1.29, 1.82) is 0 Å². The lowest BCUT2D eigenvalue weighted by Gasteiger charge is -1.93. The summed E-state index contributed by atoms with van der Waals surface area (Å²) in [6, 6.07) is 0. The average molecular weight is 136 g/mol. The van der Waals surface area contributed by atoms with E-state index in [9.17, 15) is 0 Å². The third kappa shape index (κ3) is 0.775. The van der Waals surface area contributed by atoms with Gasteiger partial charge in [0, 0.05) is 0 Å². The van der Waals surface area contributed by atoms with E-state index in [1.165, 1.54) is 0 Å². The van der Waals surface area contributed by atoms with Crippen molar-refractivity contribution in [2.24, 2.45) is 15.0 Å². The second-order valence-corrected chi connectivity index (χ2v) is 1.92. The van der Waals surface area contributed by atoms with E-state index in [-0.39, 0.29) is 0 Å². The summed E-state index contributed by atoms with van der Waals surface area (Å²) in [6.07, 6.45) is 3.84. The van der Waals surface area contributed by atoms with Crippen LogP contribution >= 0.6 is 0 Å². The molecule has 0 unspecified atom stereocenters. The molecule has 0 bridgehead atoms. The number of hydrogen-bond acceptors (Lipinski definition) is 4. The summed E-state index contributed by atoms with van der Waals surface area (Å²) < 4.78 is 5.12. The molecule has 0 spiro atoms. The number of ether oxygens (including phenoxy) is 1. The zero-order chi connectivity index (χ0) is 6.81. The van der Waals surface area contributed by atoms with Gasteiger partial charge in [0.15, 0.2) is 12.4 Å². The molecule has 2 rings (SSSR count). The topological polar surface area (TPSA) is 46.3 Å². The van der Waals surface area contributed by atoms with Gasteiger partial charge < -0.3 is 4.74 Å². The Labute approximate surface area is 58.4 Å². The van der Waals surface area contributed by atoms with Gasteiger partial charge in [-0.25, -0.2) is 4.99 Å². The Balaban J connectivity index is 2.11. The van der Waals surface area contributed by atoms with Crippen molar-refractivity contribution in [2.45, 2.75) is 0 Å². The van der Waals surface area contributed by atoms with Crippen LogP contribution in [0.4, 0.5) is 0 Å². The van der Waals surface area contributed by atoms with Gasteiger partial charge in [0.2, 0.25) is 0 Å². The van der Waals surface area contributed by atoms with Crippen molar-refractivity contribution in [3.8, 4) is 0 Å². The maximum Gasteiger partial charge on any atom is 0.328 e. The minimum atomic E-state index is 0.574. The van der Waals surface area contributed by atoms with Gasteiger partial charge in [-0.15, -0.1) is 0 Å². The van der Waals surface area contributed by atoms with Crippen LogP contribution in [0.15, 0.2) is 15.0 Å². The number of rotatable bonds is 1. The summed E-state index contributed by atoms with van der Waals surface area (Å²) in [5.74, 6) is 0.574. The molecule has 0 aromatic carbocycles. The standard InChI is InChI=1S/C6H6N3O/c1-2-8-5(7-1)6-9-3-4-10-6/h1-2H,3-4H2/q+1. The molecule has 0 radical (unpaired) electrons. The molecule has 4 heteroatoms. The smallest absolute Gasteiger partial charge is 0.328 e. The van der Waals surface area contributed by atoms with Gasteiger partial charge in [0.25, 0.3) is 0 Å². The van der Waals surface area contributed by atoms with Crippen LogP contribution in [0.2, 0.25) is 0 Å². The summed E-state index contributed by atoms with van der Waals surface area (Å²) in [7, 11) is 0. The summed E-state index contributed by atoms with van der Waals surface area (Å²) in [6.45, 7) is 1.38. The van der Waals surface area contributed by atoms with E-state index in [2.05, 4.69) is 15.0 Å². The van der Waals surface area contributed by atoms with E-state index in [4.69, 9.17) is 4.74 Å². The Morgan fingerprint density at radius 2 is 2.20 bits per heavy atom. The predicted octanol–water partition coefficient (Wildman–Crippen LogP) is 0.0598. The molecule has 0 atom stereocenters. The molecule has 0 aromatic rings. The van der Waals surface area contributed by atoms with Crippen molar-refractivity contribution >= 4 is 18.3 Å². The van der Waals surface area contributed by atoms with Crippen LogP contribution in [0, 0.1) is 6.17 Å². The third-order valence-electron chi connectivity index (χ3n) is 1.24. The fourth-order valence-corrected chi connectivity index (χ4v) is 0.822. The molecule has 0 fully saturated rings. The van der Waals surface area contributed by atoms with E-state index >= 15 is 0 Å². The number of aliphatic imine (C=N–C) groups is 3. The van der Waals surface area contributed by atoms with E-state index in [1.54, 1.807) is 12.4 Å². The molecule has 10 heavy (non-hydrogen) atoms. The highest BCUT2D eigenvalue weighted by Gasteiger charge is 2.28. The van der Waals surface area contributed by atoms with E-state index in [0.29, 0.717) is 18.7 Å². The SMILES string of the molecule is C1=N[C+](C2=NCCO2)N=C1. The molecule has 2 aliphatic heterocycles. The highest BCUT2D eigenvalue weighted by atomic mass is 16.5. The molecule has 0 saturated carbocycles. The van der Waals surface area contributed by atoms with E-state index in [1.807, 2.05) is 0 Å². The van der Waals surface area contributed by atoms with Gasteiger partial charge in [-0.1, -0.05) is 9.98 Å². The average Bonchev–Trinajstić information content (AvgIpc) is 2.59. The van der Waals surface area contributed by atoms with Crippen LogP contribution in [-0.4, -0.2) is 31.5 Å². The molecule has 2 heterocycles. The van der Waals surface area contributed by atoms with Crippen LogP contribution < -0.4 is 0 Å². The van der Waals surface area contributed by atoms with Crippen molar-refractivity contribution in [3.63, 3.8) is 0 Å². The van der Waals surface area contributed by atoms with Gasteiger partial charge in [0.1, 0.15) is 6.61 Å². The van der Waals surface area contributed by atoms with Crippen LogP contribution in [0.1, 0.15) is 0 Å². The largest absolute Gasteiger partial charge is 0.463 e. The third-order valence-corrected chi connectivity index (χ3v) is 1.24. The molecule has 0 aromatic heterocycles. The minimum absolute atomic E-state index is 0.574. The number of nitrogens with zero attached hydrogens (tertiary/aromatic N) is 3. The predicted molar refractivity (Wildman–Crippen MR) is 38.5 cm³/mol. The van der Waals surface area contributed by atoms with Gasteiger partial charge in [-0.3, -0.25) is 0 Å². The van der Waals surface area contributed by atoms with E-state index in [0.717, 1.165) is 6.54 Å². The van der Waals surface area contributed by atoms with Gasteiger partial charge >= 0.3 is 12.1 Å². The normalized spacial score (nSPS) is 21.6. The number of hydrogen-bond donors (Lipinski definition) is 0. The highest BCUT2D eigenvalue weighted by Crippen LogP contribution is 2.13. The van der Waals surface area contributed by atoms with Gasteiger partial charge in [-0.2, -0.15) is 0 Å². The van der Waals surface area contributed by atoms with Crippen molar-refractivity contribution < 1.29 is 4.74 Å². The first-order valence-electron chi connectivity index (χ1n) is 3.08. The lowest BCUT2D eigenvalue weighted by molar-refractivity contribution is 0.342.